The maximum atomic E-state index is 6.10. The molecule has 1 aliphatic heterocycles. The maximum absolute atomic E-state index is 6.10. The van der Waals surface area contributed by atoms with Crippen LogP contribution in [0.3, 0.4) is 0 Å². The van der Waals surface area contributed by atoms with E-state index in [1.165, 1.54) is 24.8 Å². The van der Waals surface area contributed by atoms with Gasteiger partial charge in [-0.15, -0.1) is 0 Å². The summed E-state index contributed by atoms with van der Waals surface area (Å²) in [6, 6.07) is 9.60. The molecule has 3 atom stereocenters. The summed E-state index contributed by atoms with van der Waals surface area (Å²) in [7, 11) is 0. The quantitative estimate of drug-likeness (QED) is 0.906. The van der Waals surface area contributed by atoms with Gasteiger partial charge in [-0.25, -0.2) is 0 Å². The molecule has 0 radical (unpaired) electrons. The highest BCUT2D eigenvalue weighted by Gasteiger charge is 2.31. The molecule has 1 aromatic carbocycles. The van der Waals surface area contributed by atoms with Crippen molar-refractivity contribution in [2.45, 2.75) is 51.2 Å². The molecule has 2 rings (SSSR count). The molecule has 2 nitrogen and oxygen atoms in total. The van der Waals surface area contributed by atoms with Gasteiger partial charge in [-0.2, -0.15) is 0 Å². The second-order valence-electron chi connectivity index (χ2n) is 5.38. The summed E-state index contributed by atoms with van der Waals surface area (Å²) >= 11 is 6.10. The molecule has 1 aromatic rings. The van der Waals surface area contributed by atoms with Crippen LogP contribution in [0.5, 0.6) is 0 Å². The molecule has 0 aliphatic carbocycles. The number of nitrogens with two attached hydrogens (primary N) is 1. The lowest BCUT2D eigenvalue weighted by atomic mass is 9.92. The fourth-order valence-electron chi connectivity index (χ4n) is 3.20. The summed E-state index contributed by atoms with van der Waals surface area (Å²) in [5, 5.41) is 0.795. The van der Waals surface area contributed by atoms with Gasteiger partial charge in [-0.3, -0.25) is 4.90 Å². The van der Waals surface area contributed by atoms with E-state index in [1.807, 2.05) is 18.2 Å². The van der Waals surface area contributed by atoms with Crippen LogP contribution >= 0.6 is 11.6 Å². The maximum Gasteiger partial charge on any atom is 0.0476 e. The van der Waals surface area contributed by atoms with Crippen molar-refractivity contribution in [1.82, 2.24) is 4.90 Å². The number of piperidine rings is 1. The first-order valence-electron chi connectivity index (χ1n) is 6.86. The molecular weight excluding hydrogens is 244 g/mol. The lowest BCUT2D eigenvalue weighted by Gasteiger charge is -2.44. The highest BCUT2D eigenvalue weighted by molar-refractivity contribution is 6.30. The molecule has 100 valence electrons. The second kappa shape index (κ2) is 6.05. The Kier molecular flexibility index (Phi) is 4.66. The largest absolute Gasteiger partial charge is 0.329 e. The van der Waals surface area contributed by atoms with Crippen LogP contribution in [0.15, 0.2) is 24.3 Å². The molecule has 0 spiro atoms. The van der Waals surface area contributed by atoms with Crippen molar-refractivity contribution in [2.75, 3.05) is 6.54 Å². The van der Waals surface area contributed by atoms with Gasteiger partial charge in [0.05, 0.1) is 0 Å². The van der Waals surface area contributed by atoms with E-state index in [0.717, 1.165) is 5.02 Å². The van der Waals surface area contributed by atoms with Crippen LogP contribution in [0.1, 0.15) is 44.7 Å². The molecule has 3 heteroatoms. The molecular formula is C15H23ClN2. The van der Waals surface area contributed by atoms with Gasteiger partial charge < -0.3 is 5.73 Å². The minimum absolute atomic E-state index is 0.286. The minimum atomic E-state index is 0.286. The summed E-state index contributed by atoms with van der Waals surface area (Å²) < 4.78 is 0. The normalized spacial score (nSPS) is 27.1. The molecule has 1 unspecified atom stereocenters. The van der Waals surface area contributed by atoms with Gasteiger partial charge in [0, 0.05) is 29.7 Å². The summed E-state index contributed by atoms with van der Waals surface area (Å²) in [4.78, 5) is 2.56. The van der Waals surface area contributed by atoms with Gasteiger partial charge in [-0.05, 0) is 44.4 Å². The third kappa shape index (κ3) is 2.87. The SMILES string of the molecule is C[C@@H]1CCC[C@H](C)N1C(CN)c1cccc(Cl)c1. The van der Waals surface area contributed by atoms with Gasteiger partial charge in [0.1, 0.15) is 0 Å². The standard InChI is InChI=1S/C15H23ClN2/c1-11-5-3-6-12(2)18(11)15(10-17)13-7-4-8-14(16)9-13/h4,7-9,11-12,15H,3,5-6,10,17H2,1-2H3/t11-,12+,15?. The lowest BCUT2D eigenvalue weighted by Crippen LogP contribution is -2.48. The smallest absolute Gasteiger partial charge is 0.0476 e. The van der Waals surface area contributed by atoms with E-state index in [-0.39, 0.29) is 6.04 Å². The van der Waals surface area contributed by atoms with Crippen LogP contribution in [0, 0.1) is 0 Å². The molecule has 1 aliphatic rings. The van der Waals surface area contributed by atoms with Crippen LogP contribution in [-0.4, -0.2) is 23.5 Å². The summed E-state index contributed by atoms with van der Waals surface area (Å²) in [6.07, 6.45) is 3.86. The van der Waals surface area contributed by atoms with E-state index in [4.69, 9.17) is 17.3 Å². The Balaban J connectivity index is 2.26. The van der Waals surface area contributed by atoms with Gasteiger partial charge >= 0.3 is 0 Å². The van der Waals surface area contributed by atoms with E-state index in [9.17, 15) is 0 Å². The molecule has 18 heavy (non-hydrogen) atoms. The van der Waals surface area contributed by atoms with Crippen LogP contribution in [-0.2, 0) is 0 Å². The van der Waals surface area contributed by atoms with Crippen LogP contribution < -0.4 is 5.73 Å². The van der Waals surface area contributed by atoms with Gasteiger partial charge in [0.25, 0.3) is 0 Å². The summed E-state index contributed by atoms with van der Waals surface area (Å²) in [6.45, 7) is 5.26. The van der Waals surface area contributed by atoms with Crippen molar-refractivity contribution in [1.29, 1.82) is 0 Å². The predicted octanol–water partition coefficient (Wildman–Crippen LogP) is 3.60. The average molecular weight is 267 g/mol. The molecule has 0 bridgehead atoms. The van der Waals surface area contributed by atoms with Crippen molar-refractivity contribution in [2.24, 2.45) is 5.73 Å². The van der Waals surface area contributed by atoms with E-state index in [0.29, 0.717) is 18.6 Å². The third-order valence-electron chi connectivity index (χ3n) is 4.08. The zero-order valence-electron chi connectivity index (χ0n) is 11.3. The predicted molar refractivity (Wildman–Crippen MR) is 77.9 cm³/mol. The Morgan fingerprint density at radius 3 is 2.56 bits per heavy atom. The Hall–Kier alpha value is -0.570. The summed E-state index contributed by atoms with van der Waals surface area (Å²) in [5.41, 5.74) is 7.27. The lowest BCUT2D eigenvalue weighted by molar-refractivity contribution is 0.0578. The zero-order chi connectivity index (χ0) is 13.1. The van der Waals surface area contributed by atoms with E-state index >= 15 is 0 Å². The summed E-state index contributed by atoms with van der Waals surface area (Å²) in [5.74, 6) is 0. The van der Waals surface area contributed by atoms with Crippen molar-refractivity contribution >= 4 is 11.6 Å². The third-order valence-corrected chi connectivity index (χ3v) is 4.31. The molecule has 1 fully saturated rings. The minimum Gasteiger partial charge on any atom is -0.329 e. The first-order chi connectivity index (χ1) is 8.63. The molecule has 1 heterocycles. The van der Waals surface area contributed by atoms with Crippen molar-refractivity contribution < 1.29 is 0 Å². The van der Waals surface area contributed by atoms with Crippen molar-refractivity contribution in [3.05, 3.63) is 34.9 Å². The van der Waals surface area contributed by atoms with Crippen molar-refractivity contribution in [3.63, 3.8) is 0 Å². The fraction of sp³-hybridized carbons (Fsp3) is 0.600. The topological polar surface area (TPSA) is 29.3 Å². The number of rotatable bonds is 3. The first kappa shape index (κ1) is 13.9. The van der Waals surface area contributed by atoms with Crippen LogP contribution in [0.4, 0.5) is 0 Å². The molecule has 0 saturated carbocycles. The fourth-order valence-corrected chi connectivity index (χ4v) is 3.40. The van der Waals surface area contributed by atoms with E-state index < -0.39 is 0 Å². The first-order valence-corrected chi connectivity index (χ1v) is 7.24. The Labute approximate surface area is 115 Å². The van der Waals surface area contributed by atoms with Crippen LogP contribution in [0.2, 0.25) is 5.02 Å². The molecule has 2 N–H and O–H groups in total. The Morgan fingerprint density at radius 2 is 2.00 bits per heavy atom. The average Bonchev–Trinajstić information content (AvgIpc) is 2.34. The number of hydrogen-bond acceptors (Lipinski definition) is 2. The molecule has 0 aromatic heterocycles. The molecule has 0 amide bonds. The number of benzene rings is 1. The number of nitrogens with zero attached hydrogens (tertiary/aromatic N) is 1. The zero-order valence-corrected chi connectivity index (χ0v) is 12.0. The monoisotopic (exact) mass is 266 g/mol. The van der Waals surface area contributed by atoms with E-state index in [1.54, 1.807) is 0 Å². The Morgan fingerprint density at radius 1 is 1.33 bits per heavy atom. The number of likely N-dealkylation sites (tertiary alicyclic amines) is 1. The van der Waals surface area contributed by atoms with Crippen molar-refractivity contribution in [3.8, 4) is 0 Å². The number of hydrogen-bond donors (Lipinski definition) is 1. The second-order valence-corrected chi connectivity index (χ2v) is 5.82. The van der Waals surface area contributed by atoms with Gasteiger partial charge in [0.15, 0.2) is 0 Å². The van der Waals surface area contributed by atoms with Crippen LogP contribution in [0.25, 0.3) is 0 Å². The highest BCUT2D eigenvalue weighted by Crippen LogP contribution is 2.32. The Bertz CT molecular complexity index is 384. The van der Waals surface area contributed by atoms with Gasteiger partial charge in [-0.1, -0.05) is 30.2 Å². The number of halogens is 1. The van der Waals surface area contributed by atoms with Gasteiger partial charge in [0.2, 0.25) is 0 Å². The van der Waals surface area contributed by atoms with E-state index in [2.05, 4.69) is 24.8 Å². The highest BCUT2D eigenvalue weighted by atomic mass is 35.5. The molecule has 1 saturated heterocycles.